The Balaban J connectivity index is 2.76. The standard InChI is InChI=1S/C8H12N2O2S/c1-8(2,3)12-7(11)5-4-13-10-6(5)9/h4H,1-3H3,(H2,9,10). The van der Waals surface area contributed by atoms with Crippen molar-refractivity contribution in [3.8, 4) is 0 Å². The van der Waals surface area contributed by atoms with E-state index in [1.807, 2.05) is 0 Å². The zero-order valence-electron chi connectivity index (χ0n) is 7.83. The molecule has 2 N–H and O–H groups in total. The lowest BCUT2D eigenvalue weighted by molar-refractivity contribution is 0.00712. The van der Waals surface area contributed by atoms with Crippen molar-refractivity contribution in [2.75, 3.05) is 5.73 Å². The van der Waals surface area contributed by atoms with Crippen molar-refractivity contribution < 1.29 is 9.53 Å². The van der Waals surface area contributed by atoms with Crippen molar-refractivity contribution in [1.29, 1.82) is 0 Å². The van der Waals surface area contributed by atoms with E-state index in [9.17, 15) is 4.79 Å². The van der Waals surface area contributed by atoms with Gasteiger partial charge in [-0.1, -0.05) is 0 Å². The Morgan fingerprint density at radius 3 is 2.62 bits per heavy atom. The first-order valence-corrected chi connectivity index (χ1v) is 4.67. The number of hydrogen-bond donors (Lipinski definition) is 1. The van der Waals surface area contributed by atoms with Crippen LogP contribution in [0.1, 0.15) is 31.1 Å². The van der Waals surface area contributed by atoms with Crippen LogP contribution in [0.2, 0.25) is 0 Å². The van der Waals surface area contributed by atoms with Gasteiger partial charge in [-0.15, -0.1) is 0 Å². The van der Waals surface area contributed by atoms with E-state index in [0.717, 1.165) is 11.5 Å². The summed E-state index contributed by atoms with van der Waals surface area (Å²) in [6, 6.07) is 0. The second kappa shape index (κ2) is 3.33. The highest BCUT2D eigenvalue weighted by Gasteiger charge is 2.20. The molecule has 0 radical (unpaired) electrons. The average molecular weight is 200 g/mol. The number of nitrogens with zero attached hydrogens (tertiary/aromatic N) is 1. The molecule has 0 aliphatic rings. The van der Waals surface area contributed by atoms with Crippen LogP contribution in [-0.4, -0.2) is 15.9 Å². The van der Waals surface area contributed by atoms with E-state index in [4.69, 9.17) is 10.5 Å². The quantitative estimate of drug-likeness (QED) is 0.700. The normalized spacial score (nSPS) is 11.3. The average Bonchev–Trinajstić information content (AvgIpc) is 2.30. The summed E-state index contributed by atoms with van der Waals surface area (Å²) in [7, 11) is 0. The maximum atomic E-state index is 11.4. The second-order valence-corrected chi connectivity index (χ2v) is 4.24. The van der Waals surface area contributed by atoms with Gasteiger partial charge in [0.2, 0.25) is 0 Å². The van der Waals surface area contributed by atoms with E-state index in [1.54, 1.807) is 26.2 Å². The first kappa shape index (κ1) is 9.98. The van der Waals surface area contributed by atoms with E-state index in [0.29, 0.717) is 5.56 Å². The number of carbonyl (C=O) groups is 1. The summed E-state index contributed by atoms with van der Waals surface area (Å²) < 4.78 is 8.90. The summed E-state index contributed by atoms with van der Waals surface area (Å²) in [4.78, 5) is 11.4. The van der Waals surface area contributed by atoms with Crippen molar-refractivity contribution in [1.82, 2.24) is 4.37 Å². The fourth-order valence-corrected chi connectivity index (χ4v) is 1.32. The molecule has 0 bridgehead atoms. The Hall–Kier alpha value is -1.10. The lowest BCUT2D eigenvalue weighted by atomic mass is 10.2. The predicted octanol–water partition coefficient (Wildman–Crippen LogP) is 1.68. The van der Waals surface area contributed by atoms with Crippen molar-refractivity contribution in [2.45, 2.75) is 26.4 Å². The number of carbonyl (C=O) groups excluding carboxylic acids is 1. The molecule has 1 aromatic rings. The summed E-state index contributed by atoms with van der Waals surface area (Å²) in [5, 5.41) is 1.59. The van der Waals surface area contributed by atoms with Crippen molar-refractivity contribution in [3.05, 3.63) is 10.9 Å². The molecule has 0 atom stereocenters. The Kier molecular flexibility index (Phi) is 2.56. The molecule has 0 saturated heterocycles. The highest BCUT2D eigenvalue weighted by molar-refractivity contribution is 7.04. The number of aromatic nitrogens is 1. The molecule has 1 rings (SSSR count). The lowest BCUT2D eigenvalue weighted by Crippen LogP contribution is -2.24. The zero-order chi connectivity index (χ0) is 10.1. The van der Waals surface area contributed by atoms with E-state index < -0.39 is 11.6 Å². The van der Waals surface area contributed by atoms with Crippen LogP contribution >= 0.6 is 11.5 Å². The minimum Gasteiger partial charge on any atom is -0.456 e. The minimum absolute atomic E-state index is 0.235. The first-order valence-electron chi connectivity index (χ1n) is 3.83. The molecule has 72 valence electrons. The molecule has 0 aromatic carbocycles. The molecule has 0 saturated carbocycles. The van der Waals surface area contributed by atoms with Gasteiger partial charge in [0.15, 0.2) is 5.82 Å². The molecule has 4 nitrogen and oxygen atoms in total. The molecular weight excluding hydrogens is 188 g/mol. The molecule has 0 spiro atoms. The summed E-state index contributed by atoms with van der Waals surface area (Å²) in [6.07, 6.45) is 0. The van der Waals surface area contributed by atoms with Crippen LogP contribution in [0.5, 0.6) is 0 Å². The molecule has 0 unspecified atom stereocenters. The molecule has 1 heterocycles. The number of ether oxygens (including phenoxy) is 1. The zero-order valence-corrected chi connectivity index (χ0v) is 8.64. The first-order chi connectivity index (χ1) is 5.90. The van der Waals surface area contributed by atoms with Crippen molar-refractivity contribution in [3.63, 3.8) is 0 Å². The number of rotatable bonds is 1. The monoisotopic (exact) mass is 200 g/mol. The van der Waals surface area contributed by atoms with Gasteiger partial charge >= 0.3 is 5.97 Å². The van der Waals surface area contributed by atoms with Gasteiger partial charge in [-0.05, 0) is 32.3 Å². The number of anilines is 1. The summed E-state index contributed by atoms with van der Waals surface area (Å²) in [5.74, 6) is -0.182. The lowest BCUT2D eigenvalue weighted by Gasteiger charge is -2.18. The molecule has 1 aromatic heterocycles. The summed E-state index contributed by atoms with van der Waals surface area (Å²) in [5.41, 5.74) is 5.31. The number of hydrogen-bond acceptors (Lipinski definition) is 5. The molecule has 13 heavy (non-hydrogen) atoms. The van der Waals surface area contributed by atoms with Gasteiger partial charge in [0.1, 0.15) is 11.2 Å². The van der Waals surface area contributed by atoms with E-state index in [-0.39, 0.29) is 5.82 Å². The van der Waals surface area contributed by atoms with Crippen molar-refractivity contribution in [2.24, 2.45) is 0 Å². The van der Waals surface area contributed by atoms with Crippen LogP contribution in [0.15, 0.2) is 5.38 Å². The topological polar surface area (TPSA) is 65.2 Å². The maximum Gasteiger partial charge on any atom is 0.343 e. The van der Waals surface area contributed by atoms with Gasteiger partial charge < -0.3 is 10.5 Å². The molecule has 0 aliphatic heterocycles. The number of nitrogen functional groups attached to an aromatic ring is 1. The fraction of sp³-hybridized carbons (Fsp3) is 0.500. The Labute approximate surface area is 80.9 Å². The van der Waals surface area contributed by atoms with Gasteiger partial charge in [-0.25, -0.2) is 4.79 Å². The highest BCUT2D eigenvalue weighted by Crippen LogP contribution is 2.17. The van der Waals surface area contributed by atoms with E-state index >= 15 is 0 Å². The molecule has 0 aliphatic carbocycles. The second-order valence-electron chi connectivity index (χ2n) is 3.62. The summed E-state index contributed by atoms with van der Waals surface area (Å²) >= 11 is 1.14. The predicted molar refractivity (Wildman–Crippen MR) is 51.7 cm³/mol. The molecule has 5 heteroatoms. The molecular formula is C8H12N2O2S. The van der Waals surface area contributed by atoms with Gasteiger partial charge in [0.25, 0.3) is 0 Å². The Bertz CT molecular complexity index is 314. The highest BCUT2D eigenvalue weighted by atomic mass is 32.1. The van der Waals surface area contributed by atoms with Gasteiger partial charge in [-0.3, -0.25) is 0 Å². The maximum absolute atomic E-state index is 11.4. The molecule has 0 amide bonds. The van der Waals surface area contributed by atoms with Crippen LogP contribution < -0.4 is 5.73 Å². The van der Waals surface area contributed by atoms with Crippen LogP contribution in [0.4, 0.5) is 5.82 Å². The third-order valence-corrected chi connectivity index (χ3v) is 1.86. The van der Waals surface area contributed by atoms with E-state index in [2.05, 4.69) is 4.37 Å². The van der Waals surface area contributed by atoms with Gasteiger partial charge in [0.05, 0.1) is 0 Å². The number of nitrogens with two attached hydrogens (primary N) is 1. The van der Waals surface area contributed by atoms with Gasteiger partial charge in [-0.2, -0.15) is 4.37 Å². The minimum atomic E-state index is -0.495. The third kappa shape index (κ3) is 2.69. The van der Waals surface area contributed by atoms with E-state index in [1.165, 1.54) is 0 Å². The Morgan fingerprint density at radius 1 is 1.62 bits per heavy atom. The van der Waals surface area contributed by atoms with Crippen LogP contribution in [-0.2, 0) is 4.74 Å². The van der Waals surface area contributed by atoms with Gasteiger partial charge in [0, 0.05) is 5.38 Å². The van der Waals surface area contributed by atoms with Crippen LogP contribution in [0.25, 0.3) is 0 Å². The fourth-order valence-electron chi connectivity index (χ4n) is 0.731. The Morgan fingerprint density at radius 2 is 2.23 bits per heavy atom. The van der Waals surface area contributed by atoms with Crippen LogP contribution in [0.3, 0.4) is 0 Å². The largest absolute Gasteiger partial charge is 0.456 e. The SMILES string of the molecule is CC(C)(C)OC(=O)c1csnc1N. The number of esters is 1. The van der Waals surface area contributed by atoms with Crippen LogP contribution in [0, 0.1) is 0 Å². The third-order valence-electron chi connectivity index (χ3n) is 1.22. The smallest absolute Gasteiger partial charge is 0.343 e. The molecule has 0 fully saturated rings. The summed E-state index contributed by atoms with van der Waals surface area (Å²) in [6.45, 7) is 5.42. The van der Waals surface area contributed by atoms with Crippen molar-refractivity contribution >= 4 is 23.3 Å².